The van der Waals surface area contributed by atoms with Crippen LogP contribution in [0, 0.1) is 6.92 Å². The Morgan fingerprint density at radius 3 is 2.33 bits per heavy atom. The molecule has 0 bridgehead atoms. The minimum Gasteiger partial charge on any atom is -0.507 e. The quantitative estimate of drug-likeness (QED) is 0.556. The molecule has 1 aliphatic rings. The molecule has 0 amide bonds. The second kappa shape index (κ2) is 7.36. The first-order valence-electron chi connectivity index (χ1n) is 9.72. The Morgan fingerprint density at radius 2 is 1.77 bits per heavy atom. The summed E-state index contributed by atoms with van der Waals surface area (Å²) in [6.07, 6.45) is -0.869. The van der Waals surface area contributed by atoms with Gasteiger partial charge in [-0.1, -0.05) is 6.92 Å². The lowest BCUT2D eigenvalue weighted by molar-refractivity contribution is -0.0424. The average Bonchev–Trinajstić information content (AvgIpc) is 2.65. The van der Waals surface area contributed by atoms with E-state index in [1.54, 1.807) is 27.7 Å². The molecule has 0 fully saturated rings. The molecule has 2 aromatic rings. The van der Waals surface area contributed by atoms with E-state index >= 15 is 0 Å². The van der Waals surface area contributed by atoms with Crippen molar-refractivity contribution in [2.75, 3.05) is 0 Å². The molecular formula is C22H26O8. The van der Waals surface area contributed by atoms with Gasteiger partial charge in [0.2, 0.25) is 0 Å². The van der Waals surface area contributed by atoms with Crippen molar-refractivity contribution in [3.8, 4) is 23.0 Å². The van der Waals surface area contributed by atoms with Crippen molar-refractivity contribution < 1.29 is 34.4 Å². The molecule has 3 rings (SSSR count). The highest BCUT2D eigenvalue weighted by Crippen LogP contribution is 2.48. The molecule has 0 aliphatic carbocycles. The number of aliphatic hydroxyl groups excluding tert-OH is 1. The van der Waals surface area contributed by atoms with Crippen LogP contribution in [0.4, 0.5) is 0 Å². The molecule has 1 aliphatic heterocycles. The zero-order valence-electron chi connectivity index (χ0n) is 17.6. The highest BCUT2D eigenvalue weighted by Gasteiger charge is 2.41. The highest BCUT2D eigenvalue weighted by molar-refractivity contribution is 6.01. The van der Waals surface area contributed by atoms with E-state index in [-0.39, 0.29) is 46.6 Å². The zero-order valence-corrected chi connectivity index (χ0v) is 17.6. The molecule has 8 nitrogen and oxygen atoms in total. The summed E-state index contributed by atoms with van der Waals surface area (Å²) in [4.78, 5) is 24.6. The number of carbonyl (C=O) groups excluding carboxylic acids is 1. The molecule has 0 saturated carbocycles. The molecule has 1 unspecified atom stereocenters. The van der Waals surface area contributed by atoms with Gasteiger partial charge >= 0.3 is 5.63 Å². The number of hydrogen-bond donors (Lipinski definition) is 4. The topological polar surface area (TPSA) is 137 Å². The molecule has 30 heavy (non-hydrogen) atoms. The number of benzene rings is 1. The molecule has 8 heteroatoms. The number of aliphatic hydroxyl groups is 1. The minimum absolute atomic E-state index is 0.0177. The smallest absolute Gasteiger partial charge is 0.343 e. The van der Waals surface area contributed by atoms with Crippen LogP contribution in [0.3, 0.4) is 0 Å². The van der Waals surface area contributed by atoms with Crippen molar-refractivity contribution in [3.63, 3.8) is 0 Å². The van der Waals surface area contributed by atoms with Gasteiger partial charge in [-0.05, 0) is 27.7 Å². The third-order valence-electron chi connectivity index (χ3n) is 5.71. The fourth-order valence-electron chi connectivity index (χ4n) is 3.77. The maximum absolute atomic E-state index is 12.5. The van der Waals surface area contributed by atoms with Crippen LogP contribution in [0.1, 0.15) is 66.1 Å². The van der Waals surface area contributed by atoms with Crippen LogP contribution in [0.25, 0.3) is 0 Å². The van der Waals surface area contributed by atoms with Crippen molar-refractivity contribution in [1.82, 2.24) is 0 Å². The Labute approximate surface area is 173 Å². The summed E-state index contributed by atoms with van der Waals surface area (Å²) in [6.45, 7) is 7.87. The van der Waals surface area contributed by atoms with Gasteiger partial charge in [-0.3, -0.25) is 4.79 Å². The van der Waals surface area contributed by atoms with E-state index in [1.165, 1.54) is 6.92 Å². The second-order valence-corrected chi connectivity index (χ2v) is 8.14. The van der Waals surface area contributed by atoms with E-state index in [0.29, 0.717) is 17.7 Å². The maximum Gasteiger partial charge on any atom is 0.343 e. The number of aromatic hydroxyl groups is 3. The van der Waals surface area contributed by atoms with E-state index < -0.39 is 34.6 Å². The Bertz CT molecular complexity index is 1090. The fourth-order valence-corrected chi connectivity index (χ4v) is 3.77. The summed E-state index contributed by atoms with van der Waals surface area (Å²) in [5.41, 5.74) is -1.63. The summed E-state index contributed by atoms with van der Waals surface area (Å²) in [5.74, 6) is -1.44. The predicted molar refractivity (Wildman–Crippen MR) is 108 cm³/mol. The number of Topliss-reactive ketones (excluding diaryl/α,β-unsaturated/α-hetero) is 1. The van der Waals surface area contributed by atoms with Crippen molar-refractivity contribution >= 4 is 5.78 Å². The predicted octanol–water partition coefficient (Wildman–Crippen LogP) is 2.50. The first-order valence-corrected chi connectivity index (χ1v) is 9.72. The molecule has 0 radical (unpaired) electrons. The van der Waals surface area contributed by atoms with Gasteiger partial charge in [0.25, 0.3) is 0 Å². The average molecular weight is 418 g/mol. The normalized spacial score (nSPS) is 17.3. The van der Waals surface area contributed by atoms with Crippen LogP contribution >= 0.6 is 0 Å². The molecule has 1 aromatic carbocycles. The summed E-state index contributed by atoms with van der Waals surface area (Å²) < 4.78 is 11.2. The SMILES string of the molecule is CCc1oc(=O)c(Cc2c(O)c(C(C)=O)c(O)c3c2OC(C)(C)C(O)C3)c(O)c1C. The van der Waals surface area contributed by atoms with Crippen LogP contribution in [0.2, 0.25) is 0 Å². The van der Waals surface area contributed by atoms with E-state index in [2.05, 4.69) is 0 Å². The van der Waals surface area contributed by atoms with Crippen LogP contribution in [0.5, 0.6) is 23.0 Å². The van der Waals surface area contributed by atoms with E-state index in [4.69, 9.17) is 9.15 Å². The standard InChI is InChI=1S/C22H26O8/c1-6-14-9(2)17(25)13(21(28)29-14)7-11-18(26)16(10(3)23)19(27)12-8-15(24)22(4,5)30-20(11)12/h15,24-27H,6-8H2,1-5H3. The van der Waals surface area contributed by atoms with Gasteiger partial charge in [-0.25, -0.2) is 4.79 Å². The first-order chi connectivity index (χ1) is 13.9. The van der Waals surface area contributed by atoms with E-state index in [0.717, 1.165) is 0 Å². The van der Waals surface area contributed by atoms with Gasteiger partial charge in [0.15, 0.2) is 5.78 Å². The summed E-state index contributed by atoms with van der Waals surface area (Å²) in [7, 11) is 0. The number of ether oxygens (including phenoxy) is 1. The lowest BCUT2D eigenvalue weighted by Crippen LogP contribution is -2.46. The summed E-state index contributed by atoms with van der Waals surface area (Å²) in [6, 6.07) is 0. The van der Waals surface area contributed by atoms with Gasteiger partial charge in [0, 0.05) is 36.0 Å². The van der Waals surface area contributed by atoms with Gasteiger partial charge in [-0.15, -0.1) is 0 Å². The lowest BCUT2D eigenvalue weighted by Gasteiger charge is -2.38. The number of phenolic OH excluding ortho intramolecular Hbond substituents is 2. The third kappa shape index (κ3) is 3.31. The molecule has 0 saturated heterocycles. The molecule has 1 aromatic heterocycles. The Kier molecular flexibility index (Phi) is 5.32. The van der Waals surface area contributed by atoms with Crippen LogP contribution < -0.4 is 10.4 Å². The molecule has 2 heterocycles. The molecule has 4 N–H and O–H groups in total. The van der Waals surface area contributed by atoms with Crippen molar-refractivity contribution in [2.45, 2.75) is 65.6 Å². The number of hydrogen-bond acceptors (Lipinski definition) is 8. The summed E-state index contributed by atoms with van der Waals surface area (Å²) >= 11 is 0. The monoisotopic (exact) mass is 418 g/mol. The van der Waals surface area contributed by atoms with E-state index in [1.807, 2.05) is 0 Å². The second-order valence-electron chi connectivity index (χ2n) is 8.14. The van der Waals surface area contributed by atoms with Crippen LogP contribution in [-0.4, -0.2) is 37.9 Å². The number of rotatable bonds is 4. The van der Waals surface area contributed by atoms with Crippen LogP contribution in [0.15, 0.2) is 9.21 Å². The fraction of sp³-hybridized carbons (Fsp3) is 0.455. The Balaban J connectivity index is 2.30. The Morgan fingerprint density at radius 1 is 1.13 bits per heavy atom. The molecule has 1 atom stereocenters. The lowest BCUT2D eigenvalue weighted by atomic mass is 9.85. The number of phenols is 2. The van der Waals surface area contributed by atoms with Gasteiger partial charge in [0.05, 0.1) is 11.7 Å². The zero-order chi connectivity index (χ0) is 22.5. The Hall–Kier alpha value is -3.00. The minimum atomic E-state index is -1.05. The van der Waals surface area contributed by atoms with E-state index in [9.17, 15) is 30.0 Å². The van der Waals surface area contributed by atoms with Crippen molar-refractivity contribution in [2.24, 2.45) is 0 Å². The molecule has 0 spiro atoms. The van der Waals surface area contributed by atoms with Gasteiger partial charge < -0.3 is 29.6 Å². The van der Waals surface area contributed by atoms with Crippen molar-refractivity contribution in [1.29, 1.82) is 0 Å². The third-order valence-corrected chi connectivity index (χ3v) is 5.71. The van der Waals surface area contributed by atoms with Gasteiger partial charge in [0.1, 0.15) is 39.9 Å². The molecule has 162 valence electrons. The number of carbonyl (C=O) groups is 1. The first kappa shape index (κ1) is 21.7. The highest BCUT2D eigenvalue weighted by atomic mass is 16.5. The number of aryl methyl sites for hydroxylation is 1. The molecular weight excluding hydrogens is 392 g/mol. The number of ketones is 1. The number of fused-ring (bicyclic) bond motifs is 1. The largest absolute Gasteiger partial charge is 0.507 e. The van der Waals surface area contributed by atoms with Crippen LogP contribution in [-0.2, 0) is 19.3 Å². The van der Waals surface area contributed by atoms with Crippen molar-refractivity contribution in [3.05, 3.63) is 44.0 Å². The van der Waals surface area contributed by atoms with Gasteiger partial charge in [-0.2, -0.15) is 0 Å². The summed E-state index contributed by atoms with van der Waals surface area (Å²) in [5, 5.41) is 42.4. The maximum atomic E-state index is 12.5.